The lowest BCUT2D eigenvalue weighted by atomic mass is 9.98. The predicted molar refractivity (Wildman–Crippen MR) is 115 cm³/mol. The topological polar surface area (TPSA) is 79.7 Å². The normalized spacial score (nSPS) is 19.2. The zero-order valence-electron chi connectivity index (χ0n) is 18.2. The number of H-pyrrole nitrogens is 1. The van der Waals surface area contributed by atoms with Crippen molar-refractivity contribution < 1.29 is 13.6 Å². The van der Waals surface area contributed by atoms with Crippen LogP contribution in [0.5, 0.6) is 0 Å². The number of nitrogens with one attached hydrogen (secondary N) is 1. The van der Waals surface area contributed by atoms with Crippen molar-refractivity contribution >= 4 is 5.91 Å². The molecule has 1 aliphatic carbocycles. The van der Waals surface area contributed by atoms with Gasteiger partial charge in [0.1, 0.15) is 5.82 Å². The maximum atomic E-state index is 13.6. The Hall–Kier alpha value is -3.10. The van der Waals surface area contributed by atoms with E-state index in [0.717, 1.165) is 5.56 Å². The highest BCUT2D eigenvalue weighted by molar-refractivity contribution is 6.01. The first-order valence-electron chi connectivity index (χ1n) is 11.1. The number of aromatic amines is 1. The Morgan fingerprint density at radius 1 is 1.22 bits per heavy atom. The lowest BCUT2D eigenvalue weighted by molar-refractivity contribution is -0.0494. The molecule has 1 N–H and O–H groups in total. The fraction of sp³-hybridized carbons (Fsp3) is 0.478. The van der Waals surface area contributed by atoms with E-state index in [1.54, 1.807) is 12.1 Å². The van der Waals surface area contributed by atoms with Crippen molar-refractivity contribution in [1.82, 2.24) is 29.9 Å². The smallest absolute Gasteiger partial charge is 0.254 e. The van der Waals surface area contributed by atoms with Crippen molar-refractivity contribution in [2.45, 2.75) is 51.5 Å². The molecule has 0 spiro atoms. The summed E-state index contributed by atoms with van der Waals surface area (Å²) >= 11 is 0. The first-order valence-corrected chi connectivity index (χ1v) is 11.1. The van der Waals surface area contributed by atoms with Crippen molar-refractivity contribution in [3.63, 3.8) is 0 Å². The van der Waals surface area contributed by atoms with E-state index in [9.17, 15) is 13.6 Å². The molecule has 1 aromatic carbocycles. The predicted octanol–water partition coefficient (Wildman–Crippen LogP) is 4.49. The van der Waals surface area contributed by atoms with Gasteiger partial charge in [0.2, 0.25) is 0 Å². The number of alkyl halides is 2. The van der Waals surface area contributed by atoms with Gasteiger partial charge >= 0.3 is 0 Å². The van der Waals surface area contributed by atoms with Gasteiger partial charge in [0.25, 0.3) is 11.8 Å². The average Bonchev–Trinajstić information content (AvgIpc) is 3.34. The number of carbonyl (C=O) groups is 1. The first kappa shape index (κ1) is 20.8. The summed E-state index contributed by atoms with van der Waals surface area (Å²) < 4.78 is 29.2. The number of halogens is 2. The first-order chi connectivity index (χ1) is 15.3. The van der Waals surface area contributed by atoms with Gasteiger partial charge in [0.05, 0.1) is 11.7 Å². The largest absolute Gasteiger partial charge is 0.338 e. The van der Waals surface area contributed by atoms with Crippen LogP contribution in [0.25, 0.3) is 22.6 Å². The summed E-state index contributed by atoms with van der Waals surface area (Å²) in [5.41, 5.74) is 2.55. The van der Waals surface area contributed by atoms with Crippen LogP contribution in [0.3, 0.4) is 0 Å². The Bertz CT molecular complexity index is 1140. The molecule has 3 heterocycles. The number of carbonyl (C=O) groups excluding carboxylic acids is 1. The van der Waals surface area contributed by atoms with Gasteiger partial charge in [-0.3, -0.25) is 14.6 Å². The molecule has 9 heteroatoms. The maximum absolute atomic E-state index is 13.6. The zero-order chi connectivity index (χ0) is 22.5. The fourth-order valence-corrected chi connectivity index (χ4v) is 4.26. The van der Waals surface area contributed by atoms with Gasteiger partial charge in [-0.15, -0.1) is 0 Å². The molecule has 0 bridgehead atoms. The lowest BCUT2D eigenvalue weighted by Gasteiger charge is -2.32. The van der Waals surface area contributed by atoms with E-state index in [-0.39, 0.29) is 31.8 Å². The zero-order valence-corrected chi connectivity index (χ0v) is 18.2. The van der Waals surface area contributed by atoms with Crippen LogP contribution in [-0.4, -0.2) is 54.8 Å². The van der Waals surface area contributed by atoms with Crippen LogP contribution in [0, 0.1) is 12.8 Å². The Morgan fingerprint density at radius 3 is 2.62 bits per heavy atom. The highest BCUT2D eigenvalue weighted by Gasteiger charge is 2.36. The number of nitrogens with zero attached hydrogens (tertiary/aromatic N) is 5. The Labute approximate surface area is 184 Å². The number of piperidine rings is 1. The van der Waals surface area contributed by atoms with Gasteiger partial charge in [-0.25, -0.2) is 13.8 Å². The summed E-state index contributed by atoms with van der Waals surface area (Å²) in [6.45, 7) is 4.06. The van der Waals surface area contributed by atoms with Crippen LogP contribution >= 0.6 is 0 Å². The van der Waals surface area contributed by atoms with Gasteiger partial charge in [-0.05, 0) is 50.8 Å². The van der Waals surface area contributed by atoms with Crippen molar-refractivity contribution in [2.24, 2.45) is 5.92 Å². The molecule has 2 aromatic heterocycles. The number of hydrogen-bond acceptors (Lipinski definition) is 4. The third-order valence-electron chi connectivity index (χ3n) is 6.49. The Balaban J connectivity index is 1.52. The number of aromatic nitrogens is 5. The number of hydrogen-bond donors (Lipinski definition) is 1. The molecule has 5 rings (SSSR count). The highest BCUT2D eigenvalue weighted by atomic mass is 19.3. The molecule has 0 radical (unpaired) electrons. The molecule has 1 unspecified atom stereocenters. The average molecular weight is 440 g/mol. The second kappa shape index (κ2) is 7.79. The Morgan fingerprint density at radius 2 is 1.97 bits per heavy atom. The van der Waals surface area contributed by atoms with Crippen LogP contribution in [0.1, 0.15) is 54.8 Å². The van der Waals surface area contributed by atoms with Crippen molar-refractivity contribution in [2.75, 3.05) is 13.1 Å². The number of likely N-dealkylation sites (tertiary alicyclic amines) is 1. The van der Waals surface area contributed by atoms with Gasteiger partial charge in [0, 0.05) is 48.8 Å². The van der Waals surface area contributed by atoms with Crippen molar-refractivity contribution in [3.8, 4) is 22.6 Å². The fourth-order valence-electron chi connectivity index (χ4n) is 4.26. The van der Waals surface area contributed by atoms with Crippen LogP contribution in [0.2, 0.25) is 0 Å². The van der Waals surface area contributed by atoms with Crippen LogP contribution in [0.15, 0.2) is 30.5 Å². The number of amides is 1. The molecule has 1 saturated carbocycles. The minimum Gasteiger partial charge on any atom is -0.338 e. The van der Waals surface area contributed by atoms with E-state index >= 15 is 0 Å². The molecule has 1 atom stereocenters. The minimum atomic E-state index is -2.70. The van der Waals surface area contributed by atoms with E-state index in [1.165, 1.54) is 17.7 Å². The number of rotatable bonds is 5. The van der Waals surface area contributed by atoms with Crippen LogP contribution in [0.4, 0.5) is 8.78 Å². The Kier molecular flexibility index (Phi) is 5.06. The molecule has 3 aromatic rings. The third kappa shape index (κ3) is 4.03. The van der Waals surface area contributed by atoms with E-state index < -0.39 is 5.92 Å². The van der Waals surface area contributed by atoms with Gasteiger partial charge in [0.15, 0.2) is 5.82 Å². The molecular weight excluding hydrogens is 414 g/mol. The molecular formula is C23H26F2N6O. The second-order valence-electron chi connectivity index (χ2n) is 8.91. The van der Waals surface area contributed by atoms with E-state index in [2.05, 4.69) is 22.1 Å². The van der Waals surface area contributed by atoms with Crippen molar-refractivity contribution in [1.29, 1.82) is 0 Å². The van der Waals surface area contributed by atoms with Crippen molar-refractivity contribution in [3.05, 3.63) is 41.9 Å². The summed E-state index contributed by atoms with van der Waals surface area (Å²) in [6, 6.07) is 7.59. The number of benzene rings is 1. The third-order valence-corrected chi connectivity index (χ3v) is 6.49. The molecule has 2 aliphatic rings. The van der Waals surface area contributed by atoms with Gasteiger partial charge in [-0.1, -0.05) is 6.07 Å². The van der Waals surface area contributed by atoms with Crippen LogP contribution < -0.4 is 0 Å². The summed E-state index contributed by atoms with van der Waals surface area (Å²) in [5.74, 6) is -1.09. The molecule has 1 amide bonds. The standard InChI is InChI=1S/C23H26F2N6O/c1-14(16-3-4-16)31-10-7-20(29-31)19-13-17(21-26-15(2)27-28-21)5-6-18(19)22(32)30-11-8-23(24,25)9-12-30/h5-7,10,13-14,16H,3-4,8-9,11-12H2,1-2H3,(H,26,27,28). The number of aryl methyl sites for hydroxylation is 1. The van der Waals surface area contributed by atoms with Crippen LogP contribution in [-0.2, 0) is 0 Å². The molecule has 2 fully saturated rings. The SMILES string of the molecule is Cc1nc(-c2ccc(C(=O)N3CCC(F)(F)CC3)c(-c3ccn(C(C)C4CC4)n3)c2)n[nH]1. The van der Waals surface area contributed by atoms with E-state index in [4.69, 9.17) is 5.10 Å². The lowest BCUT2D eigenvalue weighted by Crippen LogP contribution is -2.42. The quantitative estimate of drug-likeness (QED) is 0.634. The summed E-state index contributed by atoms with van der Waals surface area (Å²) in [7, 11) is 0. The molecule has 1 aliphatic heterocycles. The molecule has 168 valence electrons. The van der Waals surface area contributed by atoms with E-state index in [0.29, 0.717) is 40.4 Å². The highest BCUT2D eigenvalue weighted by Crippen LogP contribution is 2.39. The van der Waals surface area contributed by atoms with Gasteiger partial charge < -0.3 is 4.90 Å². The molecule has 7 nitrogen and oxygen atoms in total. The minimum absolute atomic E-state index is 0.0420. The summed E-state index contributed by atoms with van der Waals surface area (Å²) in [5, 5.41) is 11.8. The van der Waals surface area contributed by atoms with Gasteiger partial charge in [-0.2, -0.15) is 10.2 Å². The van der Waals surface area contributed by atoms with E-state index in [1.807, 2.05) is 29.9 Å². The summed E-state index contributed by atoms with van der Waals surface area (Å²) in [6.07, 6.45) is 3.74. The summed E-state index contributed by atoms with van der Waals surface area (Å²) in [4.78, 5) is 19.2. The second-order valence-corrected chi connectivity index (χ2v) is 8.91. The molecule has 32 heavy (non-hydrogen) atoms. The monoisotopic (exact) mass is 440 g/mol. The maximum Gasteiger partial charge on any atom is 0.254 e. The molecule has 1 saturated heterocycles.